The Bertz CT molecular complexity index is 323. The molecule has 0 saturated carbocycles. The van der Waals surface area contributed by atoms with Gasteiger partial charge in [-0.25, -0.2) is 0 Å². The molecule has 0 spiro atoms. The molecular formula is C11H14O2. The molecule has 2 nitrogen and oxygen atoms in total. The van der Waals surface area contributed by atoms with E-state index in [1.807, 2.05) is 0 Å². The van der Waals surface area contributed by atoms with Crippen LogP contribution in [0.4, 0.5) is 0 Å². The maximum absolute atomic E-state index is 11.4. The van der Waals surface area contributed by atoms with E-state index in [9.17, 15) is 9.90 Å². The van der Waals surface area contributed by atoms with E-state index in [-0.39, 0.29) is 5.78 Å². The Labute approximate surface area is 78.3 Å². The van der Waals surface area contributed by atoms with Crippen LogP contribution < -0.4 is 0 Å². The van der Waals surface area contributed by atoms with Gasteiger partial charge in [0.1, 0.15) is 0 Å². The zero-order valence-corrected chi connectivity index (χ0v) is 8.05. The predicted molar refractivity (Wildman–Crippen MR) is 52.3 cm³/mol. The number of hydrogen-bond donors (Lipinski definition) is 1. The van der Waals surface area contributed by atoms with E-state index >= 15 is 0 Å². The second-order valence-corrected chi connectivity index (χ2v) is 3.57. The third-order valence-corrected chi connectivity index (χ3v) is 2.41. The molecule has 13 heavy (non-hydrogen) atoms. The van der Waals surface area contributed by atoms with Gasteiger partial charge in [-0.05, 0) is 19.4 Å². The number of Topliss-reactive ketones (excluding diaryl/α,β-unsaturated/α-hetero) is 1. The van der Waals surface area contributed by atoms with Crippen molar-refractivity contribution in [1.82, 2.24) is 0 Å². The highest BCUT2D eigenvalue weighted by Gasteiger charge is 2.48. The third-order valence-electron chi connectivity index (χ3n) is 2.41. The Morgan fingerprint density at radius 3 is 2.54 bits per heavy atom. The van der Waals surface area contributed by atoms with E-state index in [0.29, 0.717) is 17.6 Å². The lowest BCUT2D eigenvalue weighted by atomic mass is 9.70. The molecule has 1 rings (SSSR count). The van der Waals surface area contributed by atoms with Crippen molar-refractivity contribution < 1.29 is 9.90 Å². The number of rotatable bonds is 3. The van der Waals surface area contributed by atoms with Crippen LogP contribution in [0.15, 0.2) is 36.0 Å². The largest absolute Gasteiger partial charge is 0.377 e. The summed E-state index contributed by atoms with van der Waals surface area (Å²) in [5.74, 6) is -0.233. The van der Waals surface area contributed by atoms with E-state index in [1.165, 1.54) is 6.08 Å². The van der Waals surface area contributed by atoms with Crippen LogP contribution in [-0.4, -0.2) is 16.5 Å². The summed E-state index contributed by atoms with van der Waals surface area (Å²) < 4.78 is 0. The van der Waals surface area contributed by atoms with E-state index in [1.54, 1.807) is 13.8 Å². The fraction of sp³-hybridized carbons (Fsp3) is 0.364. The second kappa shape index (κ2) is 2.96. The van der Waals surface area contributed by atoms with Gasteiger partial charge in [0.05, 0.1) is 0 Å². The summed E-state index contributed by atoms with van der Waals surface area (Å²) in [4.78, 5) is 11.4. The fourth-order valence-electron chi connectivity index (χ4n) is 1.62. The number of aliphatic hydroxyl groups is 1. The van der Waals surface area contributed by atoms with Gasteiger partial charge in [-0.2, -0.15) is 0 Å². The van der Waals surface area contributed by atoms with Crippen molar-refractivity contribution in [2.45, 2.75) is 25.9 Å². The SMILES string of the molecule is C=CC1=C(C)C(O)(CC(=C)C)C1=O. The lowest BCUT2D eigenvalue weighted by Crippen LogP contribution is -2.49. The number of hydrogen-bond acceptors (Lipinski definition) is 2. The number of allylic oxidation sites excluding steroid dienone is 1. The summed E-state index contributed by atoms with van der Waals surface area (Å²) in [6, 6.07) is 0. The molecule has 0 aromatic rings. The molecule has 0 saturated heterocycles. The van der Waals surface area contributed by atoms with E-state index in [0.717, 1.165) is 5.57 Å². The Hall–Kier alpha value is -1.15. The lowest BCUT2D eigenvalue weighted by molar-refractivity contribution is -0.133. The average molecular weight is 178 g/mol. The smallest absolute Gasteiger partial charge is 0.198 e. The van der Waals surface area contributed by atoms with Gasteiger partial charge in [-0.15, -0.1) is 6.58 Å². The first kappa shape index (κ1) is 9.93. The summed E-state index contributed by atoms with van der Waals surface area (Å²) in [6.07, 6.45) is 1.81. The third kappa shape index (κ3) is 1.27. The zero-order valence-electron chi connectivity index (χ0n) is 8.05. The Morgan fingerprint density at radius 2 is 2.23 bits per heavy atom. The molecule has 0 fully saturated rings. The molecule has 1 N–H and O–H groups in total. The standard InChI is InChI=1S/C11H14O2/c1-5-9-8(4)11(13,10(9)12)6-7(2)3/h5,13H,1-2,6H2,3-4H3. The first-order valence-corrected chi connectivity index (χ1v) is 4.19. The van der Waals surface area contributed by atoms with Crippen LogP contribution in [-0.2, 0) is 4.79 Å². The van der Waals surface area contributed by atoms with Crippen LogP contribution >= 0.6 is 0 Å². The van der Waals surface area contributed by atoms with Crippen LogP contribution in [0.1, 0.15) is 20.3 Å². The Kier molecular flexibility index (Phi) is 2.26. The predicted octanol–water partition coefficient (Wildman–Crippen LogP) is 1.77. The molecule has 0 radical (unpaired) electrons. The zero-order chi connectivity index (χ0) is 10.2. The Morgan fingerprint density at radius 1 is 1.69 bits per heavy atom. The highest BCUT2D eigenvalue weighted by Crippen LogP contribution is 2.39. The summed E-state index contributed by atoms with van der Waals surface area (Å²) in [6.45, 7) is 10.7. The first-order valence-electron chi connectivity index (χ1n) is 4.19. The molecule has 1 atom stereocenters. The molecule has 0 bridgehead atoms. The molecule has 0 heterocycles. The quantitative estimate of drug-likeness (QED) is 0.669. The van der Waals surface area contributed by atoms with Crippen LogP contribution in [0.5, 0.6) is 0 Å². The van der Waals surface area contributed by atoms with Crippen molar-refractivity contribution in [3.05, 3.63) is 36.0 Å². The minimum atomic E-state index is -1.30. The van der Waals surface area contributed by atoms with Crippen LogP contribution in [0, 0.1) is 0 Å². The molecule has 0 amide bonds. The molecule has 0 aliphatic heterocycles. The molecule has 1 aliphatic carbocycles. The highest BCUT2D eigenvalue weighted by molar-refractivity contribution is 6.14. The van der Waals surface area contributed by atoms with Crippen molar-refractivity contribution in [3.63, 3.8) is 0 Å². The molecule has 70 valence electrons. The molecule has 1 unspecified atom stereocenters. The normalized spacial score (nSPS) is 27.2. The lowest BCUT2D eigenvalue weighted by Gasteiger charge is -2.37. The topological polar surface area (TPSA) is 37.3 Å². The number of carbonyl (C=O) groups excluding carboxylic acids is 1. The minimum absolute atomic E-state index is 0.233. The van der Waals surface area contributed by atoms with Gasteiger partial charge in [-0.3, -0.25) is 4.79 Å². The van der Waals surface area contributed by atoms with Gasteiger partial charge in [-0.1, -0.05) is 18.2 Å². The van der Waals surface area contributed by atoms with Gasteiger partial charge >= 0.3 is 0 Å². The second-order valence-electron chi connectivity index (χ2n) is 3.57. The number of carbonyl (C=O) groups is 1. The minimum Gasteiger partial charge on any atom is -0.377 e. The number of ketones is 1. The van der Waals surface area contributed by atoms with Crippen molar-refractivity contribution in [2.24, 2.45) is 0 Å². The van der Waals surface area contributed by atoms with Gasteiger partial charge < -0.3 is 5.11 Å². The summed E-state index contributed by atoms with van der Waals surface area (Å²) in [7, 11) is 0. The molecular weight excluding hydrogens is 164 g/mol. The van der Waals surface area contributed by atoms with Crippen molar-refractivity contribution in [2.75, 3.05) is 0 Å². The van der Waals surface area contributed by atoms with Crippen molar-refractivity contribution in [3.8, 4) is 0 Å². The van der Waals surface area contributed by atoms with Crippen LogP contribution in [0.25, 0.3) is 0 Å². The first-order chi connectivity index (χ1) is 5.93. The maximum Gasteiger partial charge on any atom is 0.198 e. The van der Waals surface area contributed by atoms with Gasteiger partial charge in [0, 0.05) is 12.0 Å². The van der Waals surface area contributed by atoms with Crippen molar-refractivity contribution >= 4 is 5.78 Å². The fourth-order valence-corrected chi connectivity index (χ4v) is 1.62. The van der Waals surface area contributed by atoms with Gasteiger partial charge in [0.15, 0.2) is 11.4 Å². The van der Waals surface area contributed by atoms with E-state index in [4.69, 9.17) is 0 Å². The summed E-state index contributed by atoms with van der Waals surface area (Å²) in [5, 5.41) is 9.90. The summed E-state index contributed by atoms with van der Waals surface area (Å²) in [5.41, 5.74) is 0.757. The average Bonchev–Trinajstić information content (AvgIpc) is 2.04. The van der Waals surface area contributed by atoms with E-state index < -0.39 is 5.60 Å². The van der Waals surface area contributed by atoms with E-state index in [2.05, 4.69) is 13.2 Å². The Balaban J connectivity index is 2.99. The highest BCUT2D eigenvalue weighted by atomic mass is 16.3. The maximum atomic E-state index is 11.4. The molecule has 2 heteroatoms. The van der Waals surface area contributed by atoms with Crippen LogP contribution in [0.2, 0.25) is 0 Å². The molecule has 1 aliphatic rings. The monoisotopic (exact) mass is 178 g/mol. The molecule has 0 aromatic carbocycles. The molecule has 0 aromatic heterocycles. The van der Waals surface area contributed by atoms with Crippen LogP contribution in [0.3, 0.4) is 0 Å². The summed E-state index contributed by atoms with van der Waals surface area (Å²) >= 11 is 0. The van der Waals surface area contributed by atoms with Gasteiger partial charge in [0.25, 0.3) is 0 Å². The van der Waals surface area contributed by atoms with Crippen molar-refractivity contribution in [1.29, 1.82) is 0 Å². The van der Waals surface area contributed by atoms with Gasteiger partial charge in [0.2, 0.25) is 0 Å².